The van der Waals surface area contributed by atoms with Crippen molar-refractivity contribution in [2.45, 2.75) is 37.4 Å². The topological polar surface area (TPSA) is 80.0 Å². The van der Waals surface area contributed by atoms with Gasteiger partial charge >= 0.3 is 0 Å². The van der Waals surface area contributed by atoms with Crippen molar-refractivity contribution in [3.05, 3.63) is 35.3 Å². The van der Waals surface area contributed by atoms with E-state index in [0.29, 0.717) is 17.0 Å². The molecule has 4 N–H and O–H groups in total. The molecule has 1 amide bonds. The van der Waals surface area contributed by atoms with E-state index in [1.807, 2.05) is 24.3 Å². The maximum Gasteiger partial charge on any atom is 0.263 e. The summed E-state index contributed by atoms with van der Waals surface area (Å²) in [5.74, 6) is -0.0152. The first-order valence-electron chi connectivity index (χ1n) is 7.58. The zero-order chi connectivity index (χ0) is 15.1. The van der Waals surface area contributed by atoms with Gasteiger partial charge < -0.3 is 16.4 Å². The van der Waals surface area contributed by atoms with E-state index in [4.69, 9.17) is 5.73 Å². The Morgan fingerprint density at radius 1 is 1.32 bits per heavy atom. The average Bonchev–Trinajstić information content (AvgIpc) is 3.24. The Labute approximate surface area is 132 Å². The first-order valence-corrected chi connectivity index (χ1v) is 8.39. The van der Waals surface area contributed by atoms with Crippen molar-refractivity contribution in [2.75, 3.05) is 5.73 Å². The number of carbonyl (C=O) groups is 1. The molecule has 0 radical (unpaired) electrons. The molecule has 1 aromatic heterocycles. The molecule has 2 aromatic rings. The number of hydrogen-bond donors (Lipinski definition) is 3. The SMILES string of the molecule is Nc1ccc(-c2ncc(C(=O)NC3CC4CCC3N4)s2)cc1. The lowest BCUT2D eigenvalue weighted by Gasteiger charge is -2.20. The van der Waals surface area contributed by atoms with Gasteiger partial charge in [-0.15, -0.1) is 11.3 Å². The predicted molar refractivity (Wildman–Crippen MR) is 87.8 cm³/mol. The van der Waals surface area contributed by atoms with Crippen molar-refractivity contribution >= 4 is 22.9 Å². The molecule has 5 nitrogen and oxygen atoms in total. The fourth-order valence-corrected chi connectivity index (χ4v) is 4.19. The average molecular weight is 314 g/mol. The molecule has 3 unspecified atom stereocenters. The Hall–Kier alpha value is -1.92. The number of nitrogens with zero attached hydrogens (tertiary/aromatic N) is 1. The second-order valence-electron chi connectivity index (χ2n) is 6.01. The van der Waals surface area contributed by atoms with Crippen molar-refractivity contribution in [3.8, 4) is 10.6 Å². The van der Waals surface area contributed by atoms with Crippen LogP contribution in [0.2, 0.25) is 0 Å². The van der Waals surface area contributed by atoms with Crippen LogP contribution in [0.1, 0.15) is 28.9 Å². The van der Waals surface area contributed by atoms with Gasteiger partial charge in [-0.25, -0.2) is 4.98 Å². The number of fused-ring (bicyclic) bond motifs is 2. The molecule has 4 rings (SSSR count). The Balaban J connectivity index is 1.46. The van der Waals surface area contributed by atoms with E-state index in [9.17, 15) is 4.79 Å². The van der Waals surface area contributed by atoms with Crippen LogP contribution in [0.25, 0.3) is 10.6 Å². The molecule has 0 saturated carbocycles. The van der Waals surface area contributed by atoms with E-state index >= 15 is 0 Å². The zero-order valence-electron chi connectivity index (χ0n) is 12.1. The van der Waals surface area contributed by atoms with Crippen LogP contribution >= 0.6 is 11.3 Å². The quantitative estimate of drug-likeness (QED) is 0.757. The molecule has 1 aromatic carbocycles. The molecule has 2 saturated heterocycles. The summed E-state index contributed by atoms with van der Waals surface area (Å²) in [6, 6.07) is 8.83. The van der Waals surface area contributed by atoms with E-state index in [1.54, 1.807) is 6.20 Å². The Bertz CT molecular complexity index is 696. The summed E-state index contributed by atoms with van der Waals surface area (Å²) in [5, 5.41) is 7.53. The van der Waals surface area contributed by atoms with Crippen LogP contribution in [-0.2, 0) is 0 Å². The van der Waals surface area contributed by atoms with Gasteiger partial charge in [-0.3, -0.25) is 4.79 Å². The minimum Gasteiger partial charge on any atom is -0.399 e. The molecular formula is C16H18N4OS. The summed E-state index contributed by atoms with van der Waals surface area (Å²) in [6.07, 6.45) is 5.10. The molecule has 2 fully saturated rings. The van der Waals surface area contributed by atoms with Crippen molar-refractivity contribution in [2.24, 2.45) is 0 Å². The van der Waals surface area contributed by atoms with E-state index in [1.165, 1.54) is 17.8 Å². The van der Waals surface area contributed by atoms with Gasteiger partial charge in [0.1, 0.15) is 9.88 Å². The van der Waals surface area contributed by atoms with Gasteiger partial charge in [0.05, 0.1) is 6.20 Å². The third-order valence-electron chi connectivity index (χ3n) is 4.50. The summed E-state index contributed by atoms with van der Waals surface area (Å²) < 4.78 is 0. The molecule has 0 aliphatic carbocycles. The van der Waals surface area contributed by atoms with Crippen LogP contribution in [0, 0.1) is 0 Å². The molecule has 2 aliphatic heterocycles. The van der Waals surface area contributed by atoms with Crippen molar-refractivity contribution in [1.29, 1.82) is 0 Å². The van der Waals surface area contributed by atoms with E-state index in [0.717, 1.165) is 29.1 Å². The second kappa shape index (κ2) is 5.37. The predicted octanol–water partition coefficient (Wildman–Crippen LogP) is 2.01. The number of thiazole rings is 1. The summed E-state index contributed by atoms with van der Waals surface area (Å²) in [5.41, 5.74) is 7.40. The lowest BCUT2D eigenvalue weighted by Crippen LogP contribution is -2.42. The van der Waals surface area contributed by atoms with Gasteiger partial charge in [-0.1, -0.05) is 0 Å². The van der Waals surface area contributed by atoms with Crippen molar-refractivity contribution < 1.29 is 4.79 Å². The number of amides is 1. The number of hydrogen-bond acceptors (Lipinski definition) is 5. The van der Waals surface area contributed by atoms with Crippen LogP contribution < -0.4 is 16.4 Å². The normalized spacial score (nSPS) is 26.3. The zero-order valence-corrected chi connectivity index (χ0v) is 12.9. The fraction of sp³-hybridized carbons (Fsp3) is 0.375. The largest absolute Gasteiger partial charge is 0.399 e. The molecule has 114 valence electrons. The van der Waals surface area contributed by atoms with Gasteiger partial charge in [-0.2, -0.15) is 0 Å². The maximum absolute atomic E-state index is 12.4. The number of nitrogens with one attached hydrogen (secondary N) is 2. The lowest BCUT2D eigenvalue weighted by atomic mass is 9.95. The Morgan fingerprint density at radius 3 is 2.82 bits per heavy atom. The highest BCUT2D eigenvalue weighted by atomic mass is 32.1. The third kappa shape index (κ3) is 2.48. The van der Waals surface area contributed by atoms with Gasteiger partial charge in [-0.05, 0) is 43.5 Å². The number of benzene rings is 1. The maximum atomic E-state index is 12.4. The smallest absolute Gasteiger partial charge is 0.263 e. The number of rotatable bonds is 3. The summed E-state index contributed by atoms with van der Waals surface area (Å²) in [6.45, 7) is 0. The highest BCUT2D eigenvalue weighted by molar-refractivity contribution is 7.16. The molecule has 6 heteroatoms. The summed E-state index contributed by atoms with van der Waals surface area (Å²) in [7, 11) is 0. The van der Waals surface area contributed by atoms with E-state index in [-0.39, 0.29) is 11.9 Å². The van der Waals surface area contributed by atoms with Crippen LogP contribution in [0.5, 0.6) is 0 Å². The molecule has 2 aliphatic rings. The van der Waals surface area contributed by atoms with Crippen LogP contribution in [0.3, 0.4) is 0 Å². The number of anilines is 1. The van der Waals surface area contributed by atoms with Gasteiger partial charge in [0, 0.05) is 29.4 Å². The van der Waals surface area contributed by atoms with Crippen molar-refractivity contribution in [3.63, 3.8) is 0 Å². The molecule has 22 heavy (non-hydrogen) atoms. The number of nitrogen functional groups attached to an aromatic ring is 1. The summed E-state index contributed by atoms with van der Waals surface area (Å²) in [4.78, 5) is 17.4. The van der Waals surface area contributed by atoms with Crippen LogP contribution in [0.4, 0.5) is 5.69 Å². The van der Waals surface area contributed by atoms with Gasteiger partial charge in [0.15, 0.2) is 0 Å². The molecular weight excluding hydrogens is 296 g/mol. The standard InChI is InChI=1S/C16H18N4OS/c17-10-3-1-9(2-4-10)16-18-8-14(22-16)15(21)20-13-7-11-5-6-12(13)19-11/h1-4,8,11-13,19H,5-7,17H2,(H,20,21). The monoisotopic (exact) mass is 314 g/mol. The van der Waals surface area contributed by atoms with Crippen molar-refractivity contribution in [1.82, 2.24) is 15.6 Å². The number of carbonyl (C=O) groups excluding carboxylic acids is 1. The number of nitrogens with two attached hydrogens (primary N) is 1. The molecule has 2 bridgehead atoms. The second-order valence-corrected chi connectivity index (χ2v) is 7.05. The Morgan fingerprint density at radius 2 is 2.14 bits per heavy atom. The minimum absolute atomic E-state index is 0.0152. The van der Waals surface area contributed by atoms with Gasteiger partial charge in [0.2, 0.25) is 0 Å². The van der Waals surface area contributed by atoms with Crippen LogP contribution in [0.15, 0.2) is 30.5 Å². The highest BCUT2D eigenvalue weighted by Gasteiger charge is 2.39. The highest BCUT2D eigenvalue weighted by Crippen LogP contribution is 2.29. The molecule has 3 heterocycles. The van der Waals surface area contributed by atoms with E-state index < -0.39 is 0 Å². The lowest BCUT2D eigenvalue weighted by molar-refractivity contribution is 0.0935. The third-order valence-corrected chi connectivity index (χ3v) is 5.55. The first-order chi connectivity index (χ1) is 10.7. The fourth-order valence-electron chi connectivity index (χ4n) is 3.36. The first kappa shape index (κ1) is 13.7. The molecule has 0 spiro atoms. The van der Waals surface area contributed by atoms with E-state index in [2.05, 4.69) is 15.6 Å². The van der Waals surface area contributed by atoms with Crippen LogP contribution in [-0.4, -0.2) is 29.0 Å². The number of aromatic nitrogens is 1. The Kier molecular flexibility index (Phi) is 3.35. The summed E-state index contributed by atoms with van der Waals surface area (Å²) >= 11 is 1.42. The molecule has 3 atom stereocenters. The minimum atomic E-state index is -0.0152. The van der Waals surface area contributed by atoms with Gasteiger partial charge in [0.25, 0.3) is 5.91 Å².